The zero-order valence-electron chi connectivity index (χ0n) is 28.1. The summed E-state index contributed by atoms with van der Waals surface area (Å²) in [7, 11) is 0. The third-order valence-corrected chi connectivity index (χ3v) is 11.6. The van der Waals surface area contributed by atoms with Crippen molar-refractivity contribution < 1.29 is 15.3 Å². The summed E-state index contributed by atoms with van der Waals surface area (Å²) in [6.07, 6.45) is 1.02. The monoisotopic (exact) mass is 660 g/mol. The predicted molar refractivity (Wildman–Crippen MR) is 202 cm³/mol. The Bertz CT molecular complexity index is 2190. The van der Waals surface area contributed by atoms with E-state index in [1.807, 2.05) is 109 Å². The zero-order valence-corrected chi connectivity index (χ0v) is 28.1. The summed E-state index contributed by atoms with van der Waals surface area (Å²) in [5.74, 6) is 0. The molecule has 10 rings (SSSR count). The maximum absolute atomic E-state index is 13.5. The van der Waals surface area contributed by atoms with Crippen LogP contribution in [0.5, 0.6) is 0 Å². The standard InChI is InChI=1S/C48H36O3/c49-46(28-31-16-4-1-5-17-31)37-25-13-10-22-34(37)40-43(46)41-35-23-11-14-26-38(35)47(50,29-32-18-6-2-7-19-32)45(41)42-36-24-12-15-27-39(36)48(51,44(40)42)30-33-20-8-3-9-21-33/h1-27,49-51H,28-30H2/t46-,47-,48+/m1/s1. The van der Waals surface area contributed by atoms with Crippen molar-refractivity contribution in [3.8, 4) is 33.4 Å². The normalized spacial score (nSPS) is 21.7. The van der Waals surface area contributed by atoms with Crippen molar-refractivity contribution in [1.82, 2.24) is 0 Å². The molecule has 0 bridgehead atoms. The van der Waals surface area contributed by atoms with E-state index < -0.39 is 16.8 Å². The Kier molecular flexibility index (Phi) is 6.50. The van der Waals surface area contributed by atoms with E-state index in [0.29, 0.717) is 19.3 Å². The smallest absolute Gasteiger partial charge is 0.120 e. The second-order valence-corrected chi connectivity index (χ2v) is 14.5. The molecule has 51 heavy (non-hydrogen) atoms. The van der Waals surface area contributed by atoms with Crippen LogP contribution in [0.2, 0.25) is 0 Å². The van der Waals surface area contributed by atoms with Crippen molar-refractivity contribution >= 4 is 0 Å². The van der Waals surface area contributed by atoms with Gasteiger partial charge in [0.1, 0.15) is 16.8 Å². The Morgan fingerprint density at radius 1 is 0.294 bits per heavy atom. The van der Waals surface area contributed by atoms with Gasteiger partial charge >= 0.3 is 0 Å². The molecule has 246 valence electrons. The van der Waals surface area contributed by atoms with Crippen LogP contribution in [-0.4, -0.2) is 15.3 Å². The highest BCUT2D eigenvalue weighted by atomic mass is 16.3. The van der Waals surface area contributed by atoms with Crippen molar-refractivity contribution in [2.24, 2.45) is 0 Å². The number of fused-ring (bicyclic) bond motifs is 12. The van der Waals surface area contributed by atoms with Gasteiger partial charge in [-0.25, -0.2) is 0 Å². The van der Waals surface area contributed by atoms with Gasteiger partial charge in [0, 0.05) is 36.0 Å². The molecule has 0 saturated heterocycles. The molecular weight excluding hydrogens is 625 g/mol. The fraction of sp³-hybridized carbons (Fsp3) is 0.125. The Balaban J connectivity index is 1.39. The van der Waals surface area contributed by atoms with Crippen LogP contribution in [0.3, 0.4) is 0 Å². The third kappa shape index (κ3) is 4.17. The van der Waals surface area contributed by atoms with E-state index in [0.717, 1.165) is 83.5 Å². The number of rotatable bonds is 6. The van der Waals surface area contributed by atoms with Gasteiger partial charge in [0.15, 0.2) is 0 Å². The van der Waals surface area contributed by atoms with Crippen molar-refractivity contribution in [1.29, 1.82) is 0 Å². The molecule has 3 heteroatoms. The van der Waals surface area contributed by atoms with Crippen molar-refractivity contribution in [3.05, 3.63) is 214 Å². The average Bonchev–Trinajstić information content (AvgIpc) is 3.68. The Morgan fingerprint density at radius 3 is 0.804 bits per heavy atom. The summed E-state index contributed by atoms with van der Waals surface area (Å²) in [5.41, 5.74) is 8.76. The highest BCUT2D eigenvalue weighted by Gasteiger charge is 2.57. The van der Waals surface area contributed by atoms with E-state index in [2.05, 4.69) is 54.6 Å². The van der Waals surface area contributed by atoms with Gasteiger partial charge in [-0.05, 0) is 66.8 Å². The minimum Gasteiger partial charge on any atom is -0.380 e. The fourth-order valence-electron chi connectivity index (χ4n) is 9.61. The van der Waals surface area contributed by atoms with Crippen molar-refractivity contribution in [2.75, 3.05) is 0 Å². The Labute approximate surface area is 297 Å². The number of hydrogen-bond acceptors (Lipinski definition) is 3. The average molecular weight is 661 g/mol. The van der Waals surface area contributed by atoms with Crippen LogP contribution in [0.15, 0.2) is 164 Å². The predicted octanol–water partition coefficient (Wildman–Crippen LogP) is 9.06. The van der Waals surface area contributed by atoms with Gasteiger partial charge in [-0.2, -0.15) is 0 Å². The summed E-state index contributed by atoms with van der Waals surface area (Å²) in [4.78, 5) is 0. The third-order valence-electron chi connectivity index (χ3n) is 11.6. The second kappa shape index (κ2) is 11.0. The summed E-state index contributed by atoms with van der Waals surface area (Å²) in [6, 6.07) is 54.8. The number of hydrogen-bond donors (Lipinski definition) is 3. The SMILES string of the molecule is O[C@]1(Cc2ccccc2)c2ccccc2-c2c1c1c(c3c2[C@](O)(Cc2ccccc2)c2ccccc2-3)[C@@](O)(Cc2ccccc2)c2ccccc2-1. The van der Waals surface area contributed by atoms with E-state index in [1.165, 1.54) is 0 Å². The van der Waals surface area contributed by atoms with Crippen LogP contribution in [0, 0.1) is 0 Å². The van der Waals surface area contributed by atoms with Crippen LogP contribution in [0.4, 0.5) is 0 Å². The van der Waals surface area contributed by atoms with E-state index in [-0.39, 0.29) is 0 Å². The van der Waals surface area contributed by atoms with Crippen LogP contribution >= 0.6 is 0 Å². The van der Waals surface area contributed by atoms with E-state index in [4.69, 9.17) is 0 Å². The first kappa shape index (κ1) is 30.3. The van der Waals surface area contributed by atoms with E-state index >= 15 is 0 Å². The van der Waals surface area contributed by atoms with Crippen LogP contribution in [0.1, 0.15) is 50.1 Å². The topological polar surface area (TPSA) is 60.7 Å². The highest BCUT2D eigenvalue weighted by molar-refractivity contribution is 6.04. The molecular formula is C48H36O3. The minimum absolute atomic E-state index is 0.340. The lowest BCUT2D eigenvalue weighted by molar-refractivity contribution is 0.0784. The van der Waals surface area contributed by atoms with Gasteiger partial charge in [-0.3, -0.25) is 0 Å². The molecule has 0 unspecified atom stereocenters. The molecule has 3 atom stereocenters. The molecule has 0 heterocycles. The molecule has 0 spiro atoms. The molecule has 0 aromatic heterocycles. The Hall–Kier alpha value is -5.58. The van der Waals surface area contributed by atoms with Gasteiger partial charge in [-0.1, -0.05) is 164 Å². The van der Waals surface area contributed by atoms with Crippen molar-refractivity contribution in [2.45, 2.75) is 36.1 Å². The lowest BCUT2D eigenvalue weighted by Gasteiger charge is -2.34. The Morgan fingerprint density at radius 2 is 0.529 bits per heavy atom. The lowest BCUT2D eigenvalue weighted by atomic mass is 9.74. The zero-order chi connectivity index (χ0) is 34.4. The van der Waals surface area contributed by atoms with Gasteiger partial charge in [0.05, 0.1) is 0 Å². The van der Waals surface area contributed by atoms with Gasteiger partial charge < -0.3 is 15.3 Å². The molecule has 0 aliphatic heterocycles. The molecule has 0 saturated carbocycles. The second-order valence-electron chi connectivity index (χ2n) is 14.5. The van der Waals surface area contributed by atoms with Crippen LogP contribution < -0.4 is 0 Å². The molecule has 0 radical (unpaired) electrons. The molecule has 3 aliphatic carbocycles. The van der Waals surface area contributed by atoms with Crippen LogP contribution in [-0.2, 0) is 36.1 Å². The highest BCUT2D eigenvalue weighted by Crippen LogP contribution is 2.67. The maximum atomic E-state index is 13.5. The summed E-state index contributed by atoms with van der Waals surface area (Å²) in [6.45, 7) is 0. The maximum Gasteiger partial charge on any atom is 0.120 e. The van der Waals surface area contributed by atoms with Crippen molar-refractivity contribution in [3.63, 3.8) is 0 Å². The van der Waals surface area contributed by atoms with Crippen LogP contribution in [0.25, 0.3) is 33.4 Å². The number of benzene rings is 7. The largest absolute Gasteiger partial charge is 0.380 e. The van der Waals surface area contributed by atoms with Gasteiger partial charge in [0.25, 0.3) is 0 Å². The summed E-state index contributed by atoms with van der Waals surface area (Å²) < 4.78 is 0. The first-order valence-corrected chi connectivity index (χ1v) is 17.8. The first-order valence-electron chi connectivity index (χ1n) is 17.8. The number of aliphatic hydroxyl groups is 3. The minimum atomic E-state index is -1.44. The molecule has 0 amide bonds. The molecule has 0 fully saturated rings. The first-order chi connectivity index (χ1) is 24.9. The summed E-state index contributed by atoms with van der Waals surface area (Å²) in [5, 5.41) is 40.6. The van der Waals surface area contributed by atoms with E-state index in [1.54, 1.807) is 0 Å². The lowest BCUT2D eigenvalue weighted by Crippen LogP contribution is -2.33. The molecule has 3 N–H and O–H groups in total. The van der Waals surface area contributed by atoms with Gasteiger partial charge in [0.2, 0.25) is 0 Å². The molecule has 3 nitrogen and oxygen atoms in total. The molecule has 7 aromatic rings. The van der Waals surface area contributed by atoms with E-state index in [9.17, 15) is 15.3 Å². The quantitative estimate of drug-likeness (QED) is 0.167. The van der Waals surface area contributed by atoms with Gasteiger partial charge in [-0.15, -0.1) is 0 Å². The summed E-state index contributed by atoms with van der Waals surface area (Å²) >= 11 is 0. The molecule has 3 aliphatic rings. The molecule has 7 aromatic carbocycles. The fourth-order valence-corrected chi connectivity index (χ4v) is 9.61.